The maximum atomic E-state index is 11.5. The van der Waals surface area contributed by atoms with Crippen molar-refractivity contribution in [3.8, 4) is 11.4 Å². The summed E-state index contributed by atoms with van der Waals surface area (Å²) in [6.07, 6.45) is 0.252. The Bertz CT molecular complexity index is 811. The second-order valence-electron chi connectivity index (χ2n) is 7.04. The van der Waals surface area contributed by atoms with Gasteiger partial charge in [0, 0.05) is 44.7 Å². The smallest absolute Gasteiger partial charge is 0.318 e. The maximum absolute atomic E-state index is 11.5. The van der Waals surface area contributed by atoms with Crippen LogP contribution in [0.4, 0.5) is 4.79 Å². The molecule has 1 aromatic carbocycles. The number of primary amides is 1. The third-order valence-electron chi connectivity index (χ3n) is 4.98. The van der Waals surface area contributed by atoms with Crippen LogP contribution in [-0.2, 0) is 4.79 Å². The second kappa shape index (κ2) is 8.94. The van der Waals surface area contributed by atoms with Crippen LogP contribution in [0.15, 0.2) is 28.8 Å². The number of hydrogen-bond donors (Lipinski definition) is 2. The Morgan fingerprint density at radius 1 is 1.21 bits per heavy atom. The first kappa shape index (κ1) is 20.0. The largest absolute Gasteiger partial charge is 0.351 e. The van der Waals surface area contributed by atoms with Gasteiger partial charge in [-0.2, -0.15) is 4.98 Å². The lowest BCUT2D eigenvalue weighted by Crippen LogP contribution is -2.48. The zero-order chi connectivity index (χ0) is 20.1. The van der Waals surface area contributed by atoms with Gasteiger partial charge < -0.3 is 15.2 Å². The molecule has 1 fully saturated rings. The molecule has 0 aliphatic carbocycles. The fourth-order valence-electron chi connectivity index (χ4n) is 3.21. The summed E-state index contributed by atoms with van der Waals surface area (Å²) >= 11 is 0. The van der Waals surface area contributed by atoms with E-state index in [1.807, 2.05) is 31.2 Å². The van der Waals surface area contributed by atoms with Crippen molar-refractivity contribution in [2.75, 3.05) is 32.7 Å². The molecule has 0 spiro atoms. The van der Waals surface area contributed by atoms with Gasteiger partial charge >= 0.3 is 6.03 Å². The summed E-state index contributed by atoms with van der Waals surface area (Å²) in [4.78, 5) is 31.2. The van der Waals surface area contributed by atoms with Gasteiger partial charge in [0.2, 0.25) is 17.6 Å². The predicted octanol–water partition coefficient (Wildman–Crippen LogP) is 1.31. The fraction of sp³-hybridized carbons (Fsp3) is 0.474. The van der Waals surface area contributed by atoms with E-state index in [0.29, 0.717) is 18.3 Å². The van der Waals surface area contributed by atoms with Crippen molar-refractivity contribution in [1.29, 1.82) is 0 Å². The Morgan fingerprint density at radius 2 is 1.89 bits per heavy atom. The molecule has 0 bridgehead atoms. The standard InChI is InChI=1S/C19H26N6O3/c1-13-3-5-15(6-4-13)17-22-18(28-23-17)14(2)25-11-9-24(10-12-25)8-7-16(26)21-19(20)27/h3-6,14H,7-12H2,1-2H3,(H3,20,21,26,27). The van der Waals surface area contributed by atoms with E-state index < -0.39 is 6.03 Å². The van der Waals surface area contributed by atoms with Crippen molar-refractivity contribution >= 4 is 11.9 Å². The number of nitrogens with one attached hydrogen (secondary N) is 1. The monoisotopic (exact) mass is 386 g/mol. The van der Waals surface area contributed by atoms with Crippen molar-refractivity contribution in [3.63, 3.8) is 0 Å². The summed E-state index contributed by atoms with van der Waals surface area (Å²) in [5.41, 5.74) is 7.07. The molecule has 1 aliphatic heterocycles. The molecule has 1 aromatic heterocycles. The molecule has 2 heterocycles. The SMILES string of the molecule is Cc1ccc(-c2noc(C(C)N3CCN(CCC(=O)NC(N)=O)CC3)n2)cc1. The van der Waals surface area contributed by atoms with Crippen LogP contribution in [0.25, 0.3) is 11.4 Å². The summed E-state index contributed by atoms with van der Waals surface area (Å²) in [5.74, 6) is 0.851. The van der Waals surface area contributed by atoms with Gasteiger partial charge in [0.15, 0.2) is 0 Å². The zero-order valence-electron chi connectivity index (χ0n) is 16.2. The zero-order valence-corrected chi connectivity index (χ0v) is 16.2. The number of aryl methyl sites for hydroxylation is 1. The number of carbonyl (C=O) groups is 2. The van der Waals surface area contributed by atoms with Gasteiger partial charge in [-0.1, -0.05) is 35.0 Å². The Kier molecular flexibility index (Phi) is 6.37. The van der Waals surface area contributed by atoms with Gasteiger partial charge in [0.05, 0.1) is 6.04 Å². The van der Waals surface area contributed by atoms with Crippen molar-refractivity contribution in [2.45, 2.75) is 26.3 Å². The average molecular weight is 386 g/mol. The number of hydrogen-bond acceptors (Lipinski definition) is 7. The van der Waals surface area contributed by atoms with E-state index in [0.717, 1.165) is 31.7 Å². The number of imide groups is 1. The minimum Gasteiger partial charge on any atom is -0.351 e. The molecule has 0 saturated carbocycles. The van der Waals surface area contributed by atoms with Crippen LogP contribution in [0.2, 0.25) is 0 Å². The molecule has 1 unspecified atom stereocenters. The lowest BCUT2D eigenvalue weighted by atomic mass is 10.1. The number of piperazine rings is 1. The summed E-state index contributed by atoms with van der Waals surface area (Å²) < 4.78 is 5.49. The van der Waals surface area contributed by atoms with Crippen LogP contribution >= 0.6 is 0 Å². The highest BCUT2D eigenvalue weighted by Gasteiger charge is 2.26. The topological polar surface area (TPSA) is 118 Å². The van der Waals surface area contributed by atoms with Crippen molar-refractivity contribution in [2.24, 2.45) is 5.73 Å². The number of benzene rings is 1. The van der Waals surface area contributed by atoms with E-state index in [1.54, 1.807) is 0 Å². The lowest BCUT2D eigenvalue weighted by molar-refractivity contribution is -0.120. The molecule has 9 nitrogen and oxygen atoms in total. The Labute approximate surface area is 163 Å². The number of amides is 3. The first-order valence-corrected chi connectivity index (χ1v) is 9.38. The van der Waals surface area contributed by atoms with E-state index in [-0.39, 0.29) is 18.4 Å². The van der Waals surface area contributed by atoms with E-state index >= 15 is 0 Å². The highest BCUT2D eigenvalue weighted by molar-refractivity contribution is 5.93. The minimum atomic E-state index is -0.812. The van der Waals surface area contributed by atoms with Gasteiger partial charge in [0.1, 0.15) is 0 Å². The van der Waals surface area contributed by atoms with Crippen molar-refractivity contribution in [1.82, 2.24) is 25.3 Å². The van der Waals surface area contributed by atoms with Gasteiger partial charge in [-0.15, -0.1) is 0 Å². The Morgan fingerprint density at radius 3 is 2.54 bits per heavy atom. The predicted molar refractivity (Wildman–Crippen MR) is 103 cm³/mol. The van der Waals surface area contributed by atoms with E-state index in [2.05, 4.69) is 32.2 Å². The maximum Gasteiger partial charge on any atom is 0.318 e. The first-order valence-electron chi connectivity index (χ1n) is 9.38. The van der Waals surface area contributed by atoms with Crippen LogP contribution in [0, 0.1) is 6.92 Å². The summed E-state index contributed by atoms with van der Waals surface area (Å²) in [6.45, 7) is 8.02. The number of urea groups is 1. The van der Waals surface area contributed by atoms with Crippen LogP contribution in [0.5, 0.6) is 0 Å². The molecule has 1 saturated heterocycles. The molecule has 28 heavy (non-hydrogen) atoms. The summed E-state index contributed by atoms with van der Waals surface area (Å²) in [6, 6.07) is 7.24. The summed E-state index contributed by atoms with van der Waals surface area (Å²) in [7, 11) is 0. The third-order valence-corrected chi connectivity index (χ3v) is 4.98. The average Bonchev–Trinajstić information content (AvgIpc) is 3.16. The fourth-order valence-corrected chi connectivity index (χ4v) is 3.21. The van der Waals surface area contributed by atoms with Gasteiger partial charge in [-0.25, -0.2) is 4.79 Å². The van der Waals surface area contributed by atoms with Gasteiger partial charge in [0.25, 0.3) is 0 Å². The van der Waals surface area contributed by atoms with E-state index in [1.165, 1.54) is 5.56 Å². The third kappa shape index (κ3) is 5.14. The molecule has 0 radical (unpaired) electrons. The number of nitrogens with zero attached hydrogens (tertiary/aromatic N) is 4. The first-order chi connectivity index (χ1) is 13.4. The van der Waals surface area contributed by atoms with Crippen LogP contribution in [0.3, 0.4) is 0 Å². The Balaban J connectivity index is 1.50. The number of carbonyl (C=O) groups excluding carboxylic acids is 2. The van der Waals surface area contributed by atoms with E-state index in [9.17, 15) is 9.59 Å². The number of nitrogens with two attached hydrogens (primary N) is 1. The van der Waals surface area contributed by atoms with Crippen LogP contribution < -0.4 is 11.1 Å². The normalized spacial score (nSPS) is 16.6. The number of aromatic nitrogens is 2. The Hall–Kier alpha value is -2.78. The lowest BCUT2D eigenvalue weighted by Gasteiger charge is -2.36. The highest BCUT2D eigenvalue weighted by Crippen LogP contribution is 2.23. The molecule has 150 valence electrons. The molecule has 2 aromatic rings. The second-order valence-corrected chi connectivity index (χ2v) is 7.04. The molecular weight excluding hydrogens is 360 g/mol. The van der Waals surface area contributed by atoms with Gasteiger partial charge in [-0.3, -0.25) is 15.0 Å². The van der Waals surface area contributed by atoms with Gasteiger partial charge in [-0.05, 0) is 13.8 Å². The molecule has 1 aliphatic rings. The van der Waals surface area contributed by atoms with Crippen molar-refractivity contribution < 1.29 is 14.1 Å². The minimum absolute atomic E-state index is 0.0204. The van der Waals surface area contributed by atoms with Crippen LogP contribution in [-0.4, -0.2) is 64.6 Å². The summed E-state index contributed by atoms with van der Waals surface area (Å²) in [5, 5.41) is 6.20. The molecule has 3 N–H and O–H groups in total. The number of rotatable bonds is 6. The molecule has 9 heteroatoms. The molecule has 1 atom stereocenters. The molecular formula is C19H26N6O3. The van der Waals surface area contributed by atoms with Crippen molar-refractivity contribution in [3.05, 3.63) is 35.7 Å². The van der Waals surface area contributed by atoms with E-state index in [4.69, 9.17) is 10.3 Å². The quantitative estimate of drug-likeness (QED) is 0.768. The van der Waals surface area contributed by atoms with Crippen LogP contribution in [0.1, 0.15) is 30.8 Å². The highest BCUT2D eigenvalue weighted by atomic mass is 16.5. The molecule has 3 rings (SSSR count). The molecule has 3 amide bonds.